The number of benzene rings is 3. The molecule has 0 spiro atoms. The van der Waals surface area contributed by atoms with Gasteiger partial charge in [-0.25, -0.2) is 5.43 Å². The minimum atomic E-state index is -0.791. The van der Waals surface area contributed by atoms with Crippen molar-refractivity contribution in [1.29, 1.82) is 0 Å². The van der Waals surface area contributed by atoms with E-state index in [1.807, 2.05) is 77.4 Å². The standard InChI is InChI=1S/C26H19ClN4O2/c27-19-11-9-17(10-12-19)15-31-16-22(21-6-2-4-8-24(21)31)25(32)26(33)30-29-14-18-13-28-23-7-3-1-5-20(18)23/h1-14,16,28H,15H2,(H,30,33)/b29-14+. The number of halogens is 1. The van der Waals surface area contributed by atoms with Crippen molar-refractivity contribution in [3.8, 4) is 0 Å². The molecule has 2 N–H and O–H groups in total. The average Bonchev–Trinajstić information content (AvgIpc) is 3.42. The summed E-state index contributed by atoms with van der Waals surface area (Å²) in [6.45, 7) is 0.547. The minimum absolute atomic E-state index is 0.333. The molecule has 0 saturated carbocycles. The number of H-pyrrole nitrogens is 1. The van der Waals surface area contributed by atoms with Gasteiger partial charge >= 0.3 is 5.91 Å². The predicted molar refractivity (Wildman–Crippen MR) is 131 cm³/mol. The molecule has 6 nitrogen and oxygen atoms in total. The molecule has 2 heterocycles. The molecule has 0 aliphatic carbocycles. The highest BCUT2D eigenvalue weighted by Crippen LogP contribution is 2.23. The Morgan fingerprint density at radius 3 is 2.52 bits per heavy atom. The summed E-state index contributed by atoms with van der Waals surface area (Å²) in [6.07, 6.45) is 5.03. The normalized spacial score (nSPS) is 11.4. The molecule has 3 aromatic carbocycles. The van der Waals surface area contributed by atoms with Crippen LogP contribution in [0.15, 0.2) is 90.3 Å². The van der Waals surface area contributed by atoms with Gasteiger partial charge < -0.3 is 9.55 Å². The number of nitrogens with zero attached hydrogens (tertiary/aromatic N) is 2. The largest absolute Gasteiger partial charge is 0.361 e. The van der Waals surface area contributed by atoms with Crippen molar-refractivity contribution in [3.63, 3.8) is 0 Å². The number of aromatic amines is 1. The molecule has 5 aromatic rings. The fraction of sp³-hybridized carbons (Fsp3) is 0.0385. The van der Waals surface area contributed by atoms with Crippen LogP contribution >= 0.6 is 11.6 Å². The highest BCUT2D eigenvalue weighted by molar-refractivity contribution is 6.45. The number of aromatic nitrogens is 2. The molecular weight excluding hydrogens is 436 g/mol. The molecule has 0 atom stereocenters. The monoisotopic (exact) mass is 454 g/mol. The molecule has 0 radical (unpaired) electrons. The number of hydrogen-bond acceptors (Lipinski definition) is 3. The van der Waals surface area contributed by atoms with Crippen LogP contribution in [-0.4, -0.2) is 27.5 Å². The predicted octanol–water partition coefficient (Wildman–Crippen LogP) is 5.16. The van der Waals surface area contributed by atoms with E-state index in [2.05, 4.69) is 15.5 Å². The number of nitrogens with one attached hydrogen (secondary N) is 2. The van der Waals surface area contributed by atoms with Gasteiger partial charge in [0, 0.05) is 51.3 Å². The van der Waals surface area contributed by atoms with Crippen LogP contribution in [-0.2, 0) is 11.3 Å². The number of amides is 1. The first-order chi connectivity index (χ1) is 16.1. The van der Waals surface area contributed by atoms with E-state index in [-0.39, 0.29) is 0 Å². The van der Waals surface area contributed by atoms with Gasteiger partial charge in [0.25, 0.3) is 5.78 Å². The number of fused-ring (bicyclic) bond motifs is 2. The van der Waals surface area contributed by atoms with E-state index in [0.717, 1.165) is 27.5 Å². The Morgan fingerprint density at radius 1 is 0.970 bits per heavy atom. The molecule has 0 saturated heterocycles. The van der Waals surface area contributed by atoms with Crippen LogP contribution in [0.1, 0.15) is 21.5 Å². The van der Waals surface area contributed by atoms with Crippen LogP contribution in [0.25, 0.3) is 21.8 Å². The van der Waals surface area contributed by atoms with Crippen molar-refractivity contribution < 1.29 is 9.59 Å². The molecule has 162 valence electrons. The third-order valence-electron chi connectivity index (χ3n) is 5.50. The Kier molecular flexibility index (Phi) is 5.50. The lowest BCUT2D eigenvalue weighted by Crippen LogP contribution is -2.27. The molecule has 0 fully saturated rings. The molecular formula is C26H19ClN4O2. The highest BCUT2D eigenvalue weighted by Gasteiger charge is 2.21. The summed E-state index contributed by atoms with van der Waals surface area (Å²) >= 11 is 5.98. The van der Waals surface area contributed by atoms with E-state index in [0.29, 0.717) is 22.5 Å². The summed E-state index contributed by atoms with van der Waals surface area (Å²) in [6, 6.07) is 22.8. The van der Waals surface area contributed by atoms with E-state index in [9.17, 15) is 9.59 Å². The van der Waals surface area contributed by atoms with Gasteiger partial charge in [-0.3, -0.25) is 9.59 Å². The number of para-hydroxylation sites is 2. The molecule has 7 heteroatoms. The lowest BCUT2D eigenvalue weighted by atomic mass is 10.1. The van der Waals surface area contributed by atoms with Crippen LogP contribution in [0.3, 0.4) is 0 Å². The number of carbonyl (C=O) groups is 2. The van der Waals surface area contributed by atoms with Gasteiger partial charge in [0.1, 0.15) is 0 Å². The molecule has 0 unspecified atom stereocenters. The summed E-state index contributed by atoms with van der Waals surface area (Å²) in [4.78, 5) is 28.7. The van der Waals surface area contributed by atoms with Crippen LogP contribution in [0, 0.1) is 0 Å². The maximum Gasteiger partial charge on any atom is 0.312 e. The first kappa shape index (κ1) is 20.7. The highest BCUT2D eigenvalue weighted by atomic mass is 35.5. The number of ketones is 1. The van der Waals surface area contributed by atoms with Crippen molar-refractivity contribution in [3.05, 3.63) is 107 Å². The lowest BCUT2D eigenvalue weighted by Gasteiger charge is -2.05. The van der Waals surface area contributed by atoms with Crippen molar-refractivity contribution in [2.45, 2.75) is 6.54 Å². The molecule has 2 aromatic heterocycles. The molecule has 0 aliphatic heterocycles. The van der Waals surface area contributed by atoms with Gasteiger partial charge in [-0.1, -0.05) is 60.1 Å². The zero-order chi connectivity index (χ0) is 22.8. The van der Waals surface area contributed by atoms with Gasteiger partial charge in [-0.15, -0.1) is 0 Å². The molecule has 0 aliphatic rings. The second-order valence-corrected chi connectivity index (χ2v) is 8.07. The van der Waals surface area contributed by atoms with Gasteiger partial charge in [-0.05, 0) is 29.8 Å². The fourth-order valence-corrected chi connectivity index (χ4v) is 4.01. The number of rotatable bonds is 6. The zero-order valence-electron chi connectivity index (χ0n) is 17.5. The third-order valence-corrected chi connectivity index (χ3v) is 5.75. The summed E-state index contributed by atoms with van der Waals surface area (Å²) in [5, 5.41) is 6.35. The molecule has 33 heavy (non-hydrogen) atoms. The summed E-state index contributed by atoms with van der Waals surface area (Å²) in [5.41, 5.74) is 6.38. The summed E-state index contributed by atoms with van der Waals surface area (Å²) in [5.74, 6) is -1.43. The third kappa shape index (κ3) is 4.16. The Hall–Kier alpha value is -4.16. The van der Waals surface area contributed by atoms with Crippen LogP contribution in [0.4, 0.5) is 0 Å². The Labute approximate surface area is 194 Å². The number of hydrogen-bond donors (Lipinski definition) is 2. The molecule has 0 bridgehead atoms. The summed E-state index contributed by atoms with van der Waals surface area (Å²) in [7, 11) is 0. The quantitative estimate of drug-likeness (QED) is 0.161. The van der Waals surface area contributed by atoms with Crippen molar-refractivity contribution in [2.24, 2.45) is 5.10 Å². The van der Waals surface area contributed by atoms with Crippen LogP contribution < -0.4 is 5.43 Å². The van der Waals surface area contributed by atoms with Crippen molar-refractivity contribution >= 4 is 51.3 Å². The van der Waals surface area contributed by atoms with E-state index < -0.39 is 11.7 Å². The maximum absolute atomic E-state index is 13.0. The minimum Gasteiger partial charge on any atom is -0.361 e. The van der Waals surface area contributed by atoms with Gasteiger partial charge in [0.05, 0.1) is 11.8 Å². The second kappa shape index (κ2) is 8.76. The zero-order valence-corrected chi connectivity index (χ0v) is 18.2. The SMILES string of the molecule is O=C(N/N=C/c1c[nH]c2ccccc12)C(=O)c1cn(Cc2ccc(Cl)cc2)c2ccccc12. The fourth-order valence-electron chi connectivity index (χ4n) is 3.88. The van der Waals surface area contributed by atoms with Crippen molar-refractivity contribution in [2.75, 3.05) is 0 Å². The number of hydrazone groups is 1. The Morgan fingerprint density at radius 2 is 1.70 bits per heavy atom. The van der Waals surface area contributed by atoms with E-state index in [1.165, 1.54) is 6.21 Å². The molecule has 1 amide bonds. The smallest absolute Gasteiger partial charge is 0.312 e. The van der Waals surface area contributed by atoms with E-state index in [4.69, 9.17) is 11.6 Å². The van der Waals surface area contributed by atoms with E-state index >= 15 is 0 Å². The number of carbonyl (C=O) groups excluding carboxylic acids is 2. The first-order valence-electron chi connectivity index (χ1n) is 10.4. The average molecular weight is 455 g/mol. The van der Waals surface area contributed by atoms with Crippen molar-refractivity contribution in [1.82, 2.24) is 15.0 Å². The van der Waals surface area contributed by atoms with E-state index in [1.54, 1.807) is 12.4 Å². The second-order valence-electron chi connectivity index (χ2n) is 7.63. The van der Waals surface area contributed by atoms with Crippen LogP contribution in [0.5, 0.6) is 0 Å². The summed E-state index contributed by atoms with van der Waals surface area (Å²) < 4.78 is 1.95. The number of Topliss-reactive ketones (excluding diaryl/α,β-unsaturated/α-hetero) is 1. The van der Waals surface area contributed by atoms with Crippen LogP contribution in [0.2, 0.25) is 5.02 Å². The lowest BCUT2D eigenvalue weighted by molar-refractivity contribution is -0.116. The first-order valence-corrected chi connectivity index (χ1v) is 10.7. The van der Waals surface area contributed by atoms with Gasteiger partial charge in [0.15, 0.2) is 0 Å². The topological polar surface area (TPSA) is 79.2 Å². The Bertz CT molecular complexity index is 1510. The Balaban J connectivity index is 1.37. The molecule has 5 rings (SSSR count). The maximum atomic E-state index is 13.0. The van der Waals surface area contributed by atoms with Gasteiger partial charge in [0.2, 0.25) is 0 Å². The van der Waals surface area contributed by atoms with Gasteiger partial charge in [-0.2, -0.15) is 5.10 Å².